The topological polar surface area (TPSA) is 41.6 Å². The quantitative estimate of drug-likeness (QED) is 0.792. The van der Waals surface area contributed by atoms with E-state index in [9.17, 15) is 4.79 Å². The molecule has 17 heavy (non-hydrogen) atoms. The summed E-state index contributed by atoms with van der Waals surface area (Å²) in [6, 6.07) is 7.81. The smallest absolute Gasteiger partial charge is 0.272 e. The van der Waals surface area contributed by atoms with E-state index in [1.165, 1.54) is 5.56 Å². The lowest BCUT2D eigenvalue weighted by atomic mass is 10.0. The molecule has 0 aliphatic carbocycles. The fourth-order valence-electron chi connectivity index (χ4n) is 1.39. The Bertz CT molecular complexity index is 375. The highest BCUT2D eigenvalue weighted by molar-refractivity contribution is 5.76. The third-order valence-electron chi connectivity index (χ3n) is 2.24. The summed E-state index contributed by atoms with van der Waals surface area (Å²) in [4.78, 5) is 11.4. The molecule has 0 aliphatic rings. The van der Waals surface area contributed by atoms with E-state index in [-0.39, 0.29) is 12.5 Å². The Balaban J connectivity index is 2.52. The number of ether oxygens (including phenoxy) is 1. The van der Waals surface area contributed by atoms with Gasteiger partial charge in [0.15, 0.2) is 6.61 Å². The van der Waals surface area contributed by atoms with E-state index in [0.29, 0.717) is 5.92 Å². The van der Waals surface area contributed by atoms with Crippen LogP contribution in [0.3, 0.4) is 0 Å². The third kappa shape index (κ3) is 4.87. The fraction of sp³-hybridized carbons (Fsp3) is 0.462. The summed E-state index contributed by atoms with van der Waals surface area (Å²) in [6.45, 7) is 4.27. The van der Waals surface area contributed by atoms with Gasteiger partial charge in [-0.1, -0.05) is 26.0 Å². The zero-order valence-corrected chi connectivity index (χ0v) is 10.9. The first-order valence-corrected chi connectivity index (χ1v) is 5.68. The van der Waals surface area contributed by atoms with Gasteiger partial charge in [0.2, 0.25) is 0 Å². The van der Waals surface area contributed by atoms with Crippen molar-refractivity contribution in [2.75, 3.05) is 20.7 Å². The second-order valence-corrected chi connectivity index (χ2v) is 4.45. The van der Waals surface area contributed by atoms with Crippen molar-refractivity contribution in [2.45, 2.75) is 19.8 Å². The van der Waals surface area contributed by atoms with Crippen molar-refractivity contribution >= 4 is 5.91 Å². The summed E-state index contributed by atoms with van der Waals surface area (Å²) in [6.07, 6.45) is 0. The van der Waals surface area contributed by atoms with Crippen LogP contribution in [0.2, 0.25) is 0 Å². The average molecular weight is 236 g/mol. The van der Waals surface area contributed by atoms with Crippen LogP contribution in [-0.4, -0.2) is 31.6 Å². The molecular formula is C13H20N2O2. The number of nitrogens with one attached hydrogen (secondary N) is 1. The van der Waals surface area contributed by atoms with Crippen LogP contribution in [0.5, 0.6) is 5.75 Å². The van der Waals surface area contributed by atoms with Gasteiger partial charge in [-0.3, -0.25) is 10.2 Å². The van der Waals surface area contributed by atoms with Gasteiger partial charge in [0.25, 0.3) is 5.91 Å². The number of benzene rings is 1. The number of hydrazine groups is 1. The van der Waals surface area contributed by atoms with Gasteiger partial charge in [0.05, 0.1) is 0 Å². The number of carbonyl (C=O) groups is 1. The molecule has 0 atom stereocenters. The van der Waals surface area contributed by atoms with Crippen LogP contribution < -0.4 is 10.2 Å². The highest BCUT2D eigenvalue weighted by Gasteiger charge is 2.05. The molecule has 1 rings (SSSR count). The molecule has 1 aromatic carbocycles. The molecule has 0 saturated carbocycles. The van der Waals surface area contributed by atoms with Gasteiger partial charge in [-0.15, -0.1) is 0 Å². The van der Waals surface area contributed by atoms with Crippen LogP contribution in [-0.2, 0) is 4.79 Å². The summed E-state index contributed by atoms with van der Waals surface area (Å²) in [7, 11) is 3.52. The second kappa shape index (κ2) is 6.25. The Morgan fingerprint density at radius 2 is 2.12 bits per heavy atom. The molecule has 0 heterocycles. The summed E-state index contributed by atoms with van der Waals surface area (Å²) >= 11 is 0. The lowest BCUT2D eigenvalue weighted by Crippen LogP contribution is -2.39. The number of rotatable bonds is 5. The number of hydrogen-bond acceptors (Lipinski definition) is 3. The molecule has 0 saturated heterocycles. The Kier molecular flexibility index (Phi) is 4.97. The molecule has 4 heteroatoms. The van der Waals surface area contributed by atoms with Crippen molar-refractivity contribution in [1.82, 2.24) is 10.4 Å². The maximum absolute atomic E-state index is 11.4. The lowest BCUT2D eigenvalue weighted by Gasteiger charge is -2.13. The van der Waals surface area contributed by atoms with Gasteiger partial charge in [-0.05, 0) is 23.6 Å². The van der Waals surface area contributed by atoms with Crippen molar-refractivity contribution in [3.63, 3.8) is 0 Å². The van der Waals surface area contributed by atoms with Crippen molar-refractivity contribution in [1.29, 1.82) is 0 Å². The minimum absolute atomic E-state index is 0.0275. The van der Waals surface area contributed by atoms with Gasteiger partial charge >= 0.3 is 0 Å². The molecule has 0 unspecified atom stereocenters. The molecule has 0 bridgehead atoms. The zero-order chi connectivity index (χ0) is 12.8. The van der Waals surface area contributed by atoms with Crippen molar-refractivity contribution in [2.24, 2.45) is 0 Å². The maximum atomic E-state index is 11.4. The second-order valence-electron chi connectivity index (χ2n) is 4.45. The minimum Gasteiger partial charge on any atom is -0.484 e. The molecule has 1 aromatic rings. The molecule has 0 spiro atoms. The van der Waals surface area contributed by atoms with Gasteiger partial charge in [-0.25, -0.2) is 5.01 Å². The van der Waals surface area contributed by atoms with Crippen molar-refractivity contribution in [3.8, 4) is 5.75 Å². The monoisotopic (exact) mass is 236 g/mol. The van der Waals surface area contributed by atoms with E-state index < -0.39 is 0 Å². The predicted octanol–water partition coefficient (Wildman–Crippen LogP) is 1.78. The highest BCUT2D eigenvalue weighted by atomic mass is 16.5. The summed E-state index contributed by atoms with van der Waals surface area (Å²) in [5.74, 6) is 1.02. The van der Waals surface area contributed by atoms with Crippen LogP contribution in [0.4, 0.5) is 0 Å². The van der Waals surface area contributed by atoms with E-state index in [1.54, 1.807) is 19.1 Å². The fourth-order valence-corrected chi connectivity index (χ4v) is 1.39. The average Bonchev–Trinajstić information content (AvgIpc) is 2.26. The molecule has 1 amide bonds. The molecule has 94 valence electrons. The van der Waals surface area contributed by atoms with E-state index in [1.807, 2.05) is 18.2 Å². The first kappa shape index (κ1) is 13.5. The molecule has 4 nitrogen and oxygen atoms in total. The van der Waals surface area contributed by atoms with Crippen molar-refractivity contribution < 1.29 is 9.53 Å². The summed E-state index contributed by atoms with van der Waals surface area (Å²) < 4.78 is 5.42. The van der Waals surface area contributed by atoms with E-state index in [2.05, 4.69) is 25.3 Å². The Labute approximate surface area is 103 Å². The number of hydrogen-bond donors (Lipinski definition) is 1. The number of amides is 1. The van der Waals surface area contributed by atoms with Gasteiger partial charge in [0, 0.05) is 14.1 Å². The van der Waals surface area contributed by atoms with Gasteiger partial charge in [0.1, 0.15) is 5.75 Å². The molecular weight excluding hydrogens is 216 g/mol. The Hall–Kier alpha value is -1.55. The molecule has 0 aromatic heterocycles. The predicted molar refractivity (Wildman–Crippen MR) is 67.9 cm³/mol. The maximum Gasteiger partial charge on any atom is 0.272 e. The lowest BCUT2D eigenvalue weighted by molar-refractivity contribution is -0.126. The largest absolute Gasteiger partial charge is 0.484 e. The van der Waals surface area contributed by atoms with Crippen LogP contribution >= 0.6 is 0 Å². The van der Waals surface area contributed by atoms with Crippen molar-refractivity contribution in [3.05, 3.63) is 29.8 Å². The number of carbonyl (C=O) groups excluding carboxylic acids is 1. The summed E-state index contributed by atoms with van der Waals surface area (Å²) in [5, 5.41) is 1.59. The zero-order valence-electron chi connectivity index (χ0n) is 10.9. The number of nitrogens with zero attached hydrogens (tertiary/aromatic N) is 1. The molecule has 1 N–H and O–H groups in total. The van der Waals surface area contributed by atoms with Gasteiger partial charge in [-0.2, -0.15) is 0 Å². The standard InChI is InChI=1S/C13H20N2O2/c1-10(2)11-6-5-7-12(8-11)17-9-13(16)14-15(3)4/h5-8,10H,9H2,1-4H3,(H,14,16). The highest BCUT2D eigenvalue weighted by Crippen LogP contribution is 2.19. The van der Waals surface area contributed by atoms with E-state index in [4.69, 9.17) is 4.74 Å². The van der Waals surface area contributed by atoms with Crippen LogP contribution in [0.25, 0.3) is 0 Å². The van der Waals surface area contributed by atoms with E-state index in [0.717, 1.165) is 5.75 Å². The Morgan fingerprint density at radius 3 is 2.71 bits per heavy atom. The van der Waals surface area contributed by atoms with Crippen LogP contribution in [0, 0.1) is 0 Å². The Morgan fingerprint density at radius 1 is 1.41 bits per heavy atom. The molecule has 0 aliphatic heterocycles. The van der Waals surface area contributed by atoms with Gasteiger partial charge < -0.3 is 4.74 Å². The normalized spacial score (nSPS) is 10.7. The molecule has 0 fully saturated rings. The SMILES string of the molecule is CC(C)c1cccc(OCC(=O)NN(C)C)c1. The van der Waals surface area contributed by atoms with E-state index >= 15 is 0 Å². The van der Waals surface area contributed by atoms with Crippen LogP contribution in [0.15, 0.2) is 24.3 Å². The van der Waals surface area contributed by atoms with Crippen LogP contribution in [0.1, 0.15) is 25.3 Å². The summed E-state index contributed by atoms with van der Waals surface area (Å²) in [5.41, 5.74) is 3.82. The first-order chi connectivity index (χ1) is 7.99. The molecule has 0 radical (unpaired) electrons. The first-order valence-electron chi connectivity index (χ1n) is 5.68. The minimum atomic E-state index is -0.162. The third-order valence-corrected chi connectivity index (χ3v) is 2.24.